The fraction of sp³-hybridized carbons (Fsp3) is 0.190. The Balaban J connectivity index is 1.91. The van der Waals surface area contributed by atoms with E-state index in [4.69, 9.17) is 16.7 Å². The fourth-order valence-corrected chi connectivity index (χ4v) is 4.22. The number of hydrogen-bond donors (Lipinski definition) is 0. The van der Waals surface area contributed by atoms with Crippen LogP contribution in [0.3, 0.4) is 0 Å². The van der Waals surface area contributed by atoms with Gasteiger partial charge in [-0.3, -0.25) is 9.79 Å². The van der Waals surface area contributed by atoms with Crippen molar-refractivity contribution in [3.8, 4) is 11.3 Å². The lowest BCUT2D eigenvalue weighted by atomic mass is 10.1. The summed E-state index contributed by atoms with van der Waals surface area (Å²) >= 11 is 7.51. The molecule has 0 saturated carbocycles. The van der Waals surface area contributed by atoms with E-state index in [1.807, 2.05) is 67.8 Å². The minimum absolute atomic E-state index is 0.0416. The molecule has 7 heteroatoms. The van der Waals surface area contributed by atoms with Crippen molar-refractivity contribution < 1.29 is 4.79 Å². The topological polar surface area (TPSA) is 50.0 Å². The number of carbonyl (C=O) groups excluding carboxylic acids is 1. The number of benzene rings is 2. The van der Waals surface area contributed by atoms with E-state index < -0.39 is 0 Å². The van der Waals surface area contributed by atoms with Crippen molar-refractivity contribution in [2.24, 2.45) is 10.1 Å². The van der Waals surface area contributed by atoms with Crippen LogP contribution in [0, 0.1) is 0 Å². The maximum atomic E-state index is 13.2. The predicted octanol–water partition coefficient (Wildman–Crippen LogP) is 4.41. The molecule has 1 amide bonds. The Kier molecular flexibility index (Phi) is 4.91. The zero-order chi connectivity index (χ0) is 19.8. The second-order valence-electron chi connectivity index (χ2n) is 6.68. The summed E-state index contributed by atoms with van der Waals surface area (Å²) in [6.45, 7) is 4.00. The van der Waals surface area contributed by atoms with Crippen molar-refractivity contribution in [2.75, 3.05) is 11.9 Å². The molecule has 3 aromatic rings. The highest BCUT2D eigenvalue weighted by Gasteiger charge is 2.35. The largest absolute Gasteiger partial charge is 0.304 e. The second kappa shape index (κ2) is 7.37. The SMILES string of the molecule is CN=c1scc(-c2ccc(Cl)cc2)n1N=C1C(=O)N(C(C)C)c2ccccc21. The molecule has 4 rings (SSSR count). The van der Waals surface area contributed by atoms with E-state index in [0.717, 1.165) is 22.5 Å². The van der Waals surface area contributed by atoms with E-state index in [1.54, 1.807) is 16.6 Å². The molecule has 5 nitrogen and oxygen atoms in total. The number of fused-ring (bicyclic) bond motifs is 1. The normalized spacial score (nSPS) is 15.8. The Hall–Kier alpha value is -2.70. The monoisotopic (exact) mass is 410 g/mol. The maximum absolute atomic E-state index is 13.2. The average Bonchev–Trinajstić information content (AvgIpc) is 3.21. The Labute approximate surface area is 172 Å². The van der Waals surface area contributed by atoms with Crippen molar-refractivity contribution >= 4 is 40.2 Å². The van der Waals surface area contributed by atoms with Crippen LogP contribution < -0.4 is 9.70 Å². The quantitative estimate of drug-likeness (QED) is 0.631. The predicted molar refractivity (Wildman–Crippen MR) is 115 cm³/mol. The minimum atomic E-state index is -0.0981. The molecule has 0 N–H and O–H groups in total. The number of para-hydroxylation sites is 1. The minimum Gasteiger partial charge on any atom is -0.304 e. The molecule has 1 aromatic heterocycles. The molecule has 2 heterocycles. The molecule has 0 spiro atoms. The van der Waals surface area contributed by atoms with Gasteiger partial charge in [0.2, 0.25) is 4.80 Å². The molecule has 2 aromatic carbocycles. The number of amides is 1. The van der Waals surface area contributed by atoms with Crippen molar-refractivity contribution in [2.45, 2.75) is 19.9 Å². The summed E-state index contributed by atoms with van der Waals surface area (Å²) in [6, 6.07) is 15.3. The number of hydrogen-bond acceptors (Lipinski definition) is 4. The van der Waals surface area contributed by atoms with Crippen molar-refractivity contribution in [1.29, 1.82) is 0 Å². The second-order valence-corrected chi connectivity index (χ2v) is 7.95. The number of halogens is 1. The van der Waals surface area contributed by atoms with Crippen LogP contribution in [0.1, 0.15) is 19.4 Å². The number of thiazole rings is 1. The van der Waals surface area contributed by atoms with E-state index in [9.17, 15) is 4.79 Å². The van der Waals surface area contributed by atoms with Crippen LogP contribution in [0.25, 0.3) is 11.3 Å². The number of rotatable bonds is 3. The van der Waals surface area contributed by atoms with E-state index in [-0.39, 0.29) is 11.9 Å². The first-order chi connectivity index (χ1) is 13.5. The summed E-state index contributed by atoms with van der Waals surface area (Å²) in [5, 5.41) is 7.43. The molecule has 0 fully saturated rings. The van der Waals surface area contributed by atoms with Gasteiger partial charge in [-0.05, 0) is 32.0 Å². The Bertz CT molecular complexity index is 1140. The zero-order valence-electron chi connectivity index (χ0n) is 15.8. The number of carbonyl (C=O) groups is 1. The summed E-state index contributed by atoms with van der Waals surface area (Å²) in [4.78, 5) is 20.0. The van der Waals surface area contributed by atoms with E-state index in [1.165, 1.54) is 11.3 Å². The molecular weight excluding hydrogens is 392 g/mol. The Morgan fingerprint density at radius 3 is 2.46 bits per heavy atom. The summed E-state index contributed by atoms with van der Waals surface area (Å²) in [5.74, 6) is -0.0981. The van der Waals surface area contributed by atoms with Gasteiger partial charge in [0.25, 0.3) is 5.91 Å². The summed E-state index contributed by atoms with van der Waals surface area (Å²) in [7, 11) is 1.72. The molecule has 142 valence electrons. The summed E-state index contributed by atoms with van der Waals surface area (Å²) in [5.41, 5.74) is 3.97. The van der Waals surface area contributed by atoms with E-state index in [0.29, 0.717) is 15.5 Å². The molecule has 0 aliphatic carbocycles. The van der Waals surface area contributed by atoms with Gasteiger partial charge >= 0.3 is 0 Å². The first-order valence-corrected chi connectivity index (χ1v) is 10.2. The lowest BCUT2D eigenvalue weighted by molar-refractivity contribution is -0.112. The first-order valence-electron chi connectivity index (χ1n) is 8.92. The molecular formula is C21H19ClN4OS. The van der Waals surface area contributed by atoms with Crippen LogP contribution in [0.5, 0.6) is 0 Å². The summed E-state index contributed by atoms with van der Waals surface area (Å²) in [6.07, 6.45) is 0. The fourth-order valence-electron chi connectivity index (χ4n) is 3.30. The molecule has 0 atom stereocenters. The van der Waals surface area contributed by atoms with Gasteiger partial charge in [-0.15, -0.1) is 11.3 Å². The highest BCUT2D eigenvalue weighted by molar-refractivity contribution is 7.07. The van der Waals surface area contributed by atoms with Crippen LogP contribution in [-0.4, -0.2) is 29.4 Å². The van der Waals surface area contributed by atoms with Crippen LogP contribution in [0.2, 0.25) is 5.02 Å². The van der Waals surface area contributed by atoms with Gasteiger partial charge in [0.1, 0.15) is 0 Å². The average molecular weight is 411 g/mol. The number of nitrogens with zero attached hydrogens (tertiary/aromatic N) is 4. The Morgan fingerprint density at radius 2 is 1.79 bits per heavy atom. The Morgan fingerprint density at radius 1 is 1.07 bits per heavy atom. The van der Waals surface area contributed by atoms with Crippen LogP contribution in [0.15, 0.2) is 64.0 Å². The number of anilines is 1. The zero-order valence-corrected chi connectivity index (χ0v) is 17.3. The van der Waals surface area contributed by atoms with E-state index >= 15 is 0 Å². The highest BCUT2D eigenvalue weighted by atomic mass is 35.5. The van der Waals surface area contributed by atoms with Gasteiger partial charge < -0.3 is 4.90 Å². The van der Waals surface area contributed by atoms with Gasteiger partial charge in [0.05, 0.1) is 11.4 Å². The third-order valence-electron chi connectivity index (χ3n) is 4.57. The van der Waals surface area contributed by atoms with Gasteiger partial charge in [0, 0.05) is 34.6 Å². The maximum Gasteiger partial charge on any atom is 0.279 e. The molecule has 0 radical (unpaired) electrons. The first kappa shape index (κ1) is 18.7. The lowest BCUT2D eigenvalue weighted by Gasteiger charge is -2.20. The molecule has 0 unspecified atom stereocenters. The molecule has 1 aliphatic heterocycles. The van der Waals surface area contributed by atoms with Gasteiger partial charge in [-0.1, -0.05) is 41.9 Å². The van der Waals surface area contributed by atoms with Crippen LogP contribution in [0.4, 0.5) is 5.69 Å². The van der Waals surface area contributed by atoms with Gasteiger partial charge in [-0.25, -0.2) is 4.68 Å². The van der Waals surface area contributed by atoms with Crippen molar-refractivity contribution in [1.82, 2.24) is 4.68 Å². The standard InChI is InChI=1S/C21H19ClN4OS/c1-13(2)25-17-7-5-4-6-16(17)19(20(25)27)24-26-18(12-28-21(26)23-3)14-8-10-15(22)11-9-14/h4-13H,1-3H3. The van der Waals surface area contributed by atoms with Crippen LogP contribution in [-0.2, 0) is 4.79 Å². The molecule has 0 saturated heterocycles. The van der Waals surface area contributed by atoms with Crippen LogP contribution >= 0.6 is 22.9 Å². The lowest BCUT2D eigenvalue weighted by Crippen LogP contribution is -2.36. The van der Waals surface area contributed by atoms with Gasteiger partial charge in [-0.2, -0.15) is 5.10 Å². The smallest absolute Gasteiger partial charge is 0.279 e. The summed E-state index contributed by atoms with van der Waals surface area (Å²) < 4.78 is 1.74. The molecule has 0 bridgehead atoms. The third kappa shape index (κ3) is 3.08. The van der Waals surface area contributed by atoms with Gasteiger partial charge in [0.15, 0.2) is 5.71 Å². The number of aromatic nitrogens is 1. The third-order valence-corrected chi connectivity index (χ3v) is 5.73. The van der Waals surface area contributed by atoms with Crippen molar-refractivity contribution in [3.05, 3.63) is 69.3 Å². The van der Waals surface area contributed by atoms with Crippen molar-refractivity contribution in [3.63, 3.8) is 0 Å². The van der Waals surface area contributed by atoms with E-state index in [2.05, 4.69) is 4.99 Å². The highest BCUT2D eigenvalue weighted by Crippen LogP contribution is 2.31. The molecule has 28 heavy (non-hydrogen) atoms. The molecule has 1 aliphatic rings.